The van der Waals surface area contributed by atoms with Crippen molar-refractivity contribution < 1.29 is 9.59 Å². The van der Waals surface area contributed by atoms with Crippen LogP contribution in [-0.2, 0) is 0 Å². The van der Waals surface area contributed by atoms with Crippen LogP contribution in [0.4, 0.5) is 0 Å². The van der Waals surface area contributed by atoms with Gasteiger partial charge >= 0.3 is 0 Å². The first-order valence-corrected chi connectivity index (χ1v) is 5.53. The fourth-order valence-corrected chi connectivity index (χ4v) is 2.22. The molecule has 0 N–H and O–H groups in total. The van der Waals surface area contributed by atoms with Crippen LogP contribution in [0.5, 0.6) is 0 Å². The summed E-state index contributed by atoms with van der Waals surface area (Å²) >= 11 is 5.73. The first-order valence-electron chi connectivity index (χ1n) is 5.16. The van der Waals surface area contributed by atoms with Crippen molar-refractivity contribution in [3.63, 3.8) is 0 Å². The molecule has 82 valence electrons. The molecule has 0 unspecified atom stereocenters. The van der Waals surface area contributed by atoms with Crippen molar-refractivity contribution in [2.75, 3.05) is 0 Å². The predicted octanol–water partition coefficient (Wildman–Crippen LogP) is 3.34. The van der Waals surface area contributed by atoms with E-state index in [9.17, 15) is 9.59 Å². The molecule has 0 aromatic heterocycles. The number of hydrogen-bond acceptors (Lipinski definition) is 2. The zero-order chi connectivity index (χ0) is 12.0. The van der Waals surface area contributed by atoms with Gasteiger partial charge in [-0.2, -0.15) is 0 Å². The maximum Gasteiger partial charge on any atom is 0.205 e. The normalized spacial score (nSPS) is 14.8. The van der Waals surface area contributed by atoms with E-state index in [1.807, 2.05) is 24.3 Å². The molecule has 0 saturated heterocycles. The lowest BCUT2D eigenvalue weighted by Crippen LogP contribution is -2.14. The topological polar surface area (TPSA) is 34.1 Å². The fraction of sp³-hybridized carbons (Fsp3) is 0. The van der Waals surface area contributed by atoms with Crippen molar-refractivity contribution in [1.29, 1.82) is 0 Å². The SMILES string of the molecule is O=C1C=C(Cl)C(=O)c2cc3ccccc3cc21. The van der Waals surface area contributed by atoms with Gasteiger partial charge in [-0.1, -0.05) is 35.9 Å². The van der Waals surface area contributed by atoms with Gasteiger partial charge in [0.25, 0.3) is 0 Å². The Morgan fingerprint density at radius 1 is 0.882 bits per heavy atom. The molecular weight excluding hydrogens is 236 g/mol. The summed E-state index contributed by atoms with van der Waals surface area (Å²) in [7, 11) is 0. The van der Waals surface area contributed by atoms with E-state index in [0.717, 1.165) is 10.8 Å². The van der Waals surface area contributed by atoms with E-state index in [1.165, 1.54) is 6.08 Å². The van der Waals surface area contributed by atoms with Crippen LogP contribution in [0.1, 0.15) is 20.7 Å². The zero-order valence-corrected chi connectivity index (χ0v) is 9.49. The first kappa shape index (κ1) is 10.2. The Morgan fingerprint density at radius 2 is 1.47 bits per heavy atom. The average Bonchev–Trinajstić information content (AvgIpc) is 2.34. The number of rotatable bonds is 0. The molecule has 0 fully saturated rings. The maximum absolute atomic E-state index is 11.9. The van der Waals surface area contributed by atoms with Crippen LogP contribution in [0.25, 0.3) is 10.8 Å². The molecule has 1 aliphatic rings. The van der Waals surface area contributed by atoms with Gasteiger partial charge in [0.2, 0.25) is 5.78 Å². The van der Waals surface area contributed by atoms with Crippen LogP contribution in [0.2, 0.25) is 0 Å². The first-order chi connectivity index (χ1) is 8.16. The maximum atomic E-state index is 11.9. The number of carbonyl (C=O) groups is 2. The average molecular weight is 243 g/mol. The summed E-state index contributed by atoms with van der Waals surface area (Å²) in [5, 5.41) is 1.86. The van der Waals surface area contributed by atoms with Crippen LogP contribution >= 0.6 is 11.6 Å². The van der Waals surface area contributed by atoms with Gasteiger partial charge in [0, 0.05) is 17.2 Å². The Labute approximate surface area is 103 Å². The van der Waals surface area contributed by atoms with Crippen LogP contribution < -0.4 is 0 Å². The molecule has 3 rings (SSSR count). The summed E-state index contributed by atoms with van der Waals surface area (Å²) in [6.45, 7) is 0. The van der Waals surface area contributed by atoms with Crippen molar-refractivity contribution >= 4 is 33.9 Å². The predicted molar refractivity (Wildman–Crippen MR) is 66.5 cm³/mol. The second-order valence-electron chi connectivity index (χ2n) is 3.93. The highest BCUT2D eigenvalue weighted by atomic mass is 35.5. The molecule has 0 radical (unpaired) electrons. The van der Waals surface area contributed by atoms with Crippen LogP contribution in [0.15, 0.2) is 47.5 Å². The zero-order valence-electron chi connectivity index (χ0n) is 8.74. The summed E-state index contributed by atoms with van der Waals surface area (Å²) in [5.74, 6) is -0.498. The van der Waals surface area contributed by atoms with Gasteiger partial charge in [0.05, 0.1) is 5.03 Å². The summed E-state index contributed by atoms with van der Waals surface area (Å²) in [4.78, 5) is 23.6. The van der Waals surface area contributed by atoms with Crippen molar-refractivity contribution in [3.05, 3.63) is 58.6 Å². The Balaban J connectivity index is 2.38. The molecule has 3 heteroatoms. The number of halogens is 1. The van der Waals surface area contributed by atoms with Gasteiger partial charge in [-0.15, -0.1) is 0 Å². The monoisotopic (exact) mass is 242 g/mol. The summed E-state index contributed by atoms with van der Waals surface area (Å²) in [6.07, 6.45) is 1.18. The van der Waals surface area contributed by atoms with Crippen LogP contribution in [0, 0.1) is 0 Å². The quantitative estimate of drug-likeness (QED) is 0.710. The van der Waals surface area contributed by atoms with Crippen molar-refractivity contribution in [2.24, 2.45) is 0 Å². The van der Waals surface area contributed by atoms with E-state index in [4.69, 9.17) is 11.6 Å². The molecule has 2 nitrogen and oxygen atoms in total. The van der Waals surface area contributed by atoms with Gasteiger partial charge in [-0.3, -0.25) is 9.59 Å². The third-order valence-corrected chi connectivity index (χ3v) is 3.15. The third-order valence-electron chi connectivity index (χ3n) is 2.87. The van der Waals surface area contributed by atoms with Crippen LogP contribution in [0.3, 0.4) is 0 Å². The summed E-state index contributed by atoms with van der Waals surface area (Å²) in [5.41, 5.74) is 0.819. The molecule has 0 atom stereocenters. The van der Waals surface area contributed by atoms with Gasteiger partial charge in [0.15, 0.2) is 5.78 Å². The molecule has 1 aliphatic carbocycles. The fourth-order valence-electron chi connectivity index (χ4n) is 2.02. The Hall–Kier alpha value is -1.93. The minimum absolute atomic E-state index is 0.0159. The molecule has 2 aromatic carbocycles. The Morgan fingerprint density at radius 3 is 2.12 bits per heavy atom. The molecule has 0 bridgehead atoms. The largest absolute Gasteiger partial charge is 0.289 e. The van der Waals surface area contributed by atoms with Gasteiger partial charge < -0.3 is 0 Å². The second-order valence-corrected chi connectivity index (χ2v) is 4.34. The smallest absolute Gasteiger partial charge is 0.205 e. The van der Waals surface area contributed by atoms with Crippen molar-refractivity contribution in [3.8, 4) is 0 Å². The van der Waals surface area contributed by atoms with E-state index in [-0.39, 0.29) is 16.6 Å². The van der Waals surface area contributed by atoms with Gasteiger partial charge in [0.1, 0.15) is 0 Å². The third kappa shape index (κ3) is 1.49. The highest BCUT2D eigenvalue weighted by Crippen LogP contribution is 2.27. The minimum Gasteiger partial charge on any atom is -0.289 e. The summed E-state index contributed by atoms with van der Waals surface area (Å²) in [6, 6.07) is 11.1. The number of benzene rings is 2. The van der Waals surface area contributed by atoms with E-state index in [0.29, 0.717) is 11.1 Å². The number of carbonyl (C=O) groups excluding carboxylic acids is 2. The Bertz CT molecular complexity index is 698. The van der Waals surface area contributed by atoms with E-state index in [2.05, 4.69) is 0 Å². The highest BCUT2D eigenvalue weighted by molar-refractivity contribution is 6.49. The molecular formula is C14H7ClO2. The molecule has 0 aliphatic heterocycles. The molecule has 0 heterocycles. The Kier molecular flexibility index (Phi) is 2.13. The lowest BCUT2D eigenvalue weighted by atomic mass is 9.91. The van der Waals surface area contributed by atoms with Gasteiger partial charge in [-0.05, 0) is 22.9 Å². The molecule has 0 spiro atoms. The highest BCUT2D eigenvalue weighted by Gasteiger charge is 2.24. The van der Waals surface area contributed by atoms with Crippen LogP contribution in [-0.4, -0.2) is 11.6 Å². The van der Waals surface area contributed by atoms with E-state index >= 15 is 0 Å². The lowest BCUT2D eigenvalue weighted by molar-refractivity contribution is 0.0991. The molecule has 0 amide bonds. The number of ketones is 2. The molecule has 17 heavy (non-hydrogen) atoms. The van der Waals surface area contributed by atoms with Gasteiger partial charge in [-0.25, -0.2) is 0 Å². The minimum atomic E-state index is -0.285. The molecule has 2 aromatic rings. The second kappa shape index (κ2) is 3.54. The number of fused-ring (bicyclic) bond motifs is 2. The summed E-state index contributed by atoms with van der Waals surface area (Å²) < 4.78 is 0. The standard InChI is InChI=1S/C14H7ClO2/c15-12-7-13(16)10-5-8-3-1-2-4-9(8)6-11(10)14(12)17/h1-7H. The number of Topliss-reactive ketones (excluding diaryl/α,β-unsaturated/α-hetero) is 1. The number of allylic oxidation sites excluding steroid dienone is 2. The van der Waals surface area contributed by atoms with E-state index in [1.54, 1.807) is 12.1 Å². The number of hydrogen-bond donors (Lipinski definition) is 0. The van der Waals surface area contributed by atoms with Crippen molar-refractivity contribution in [1.82, 2.24) is 0 Å². The van der Waals surface area contributed by atoms with E-state index < -0.39 is 0 Å². The molecule has 0 saturated carbocycles. The van der Waals surface area contributed by atoms with Crippen molar-refractivity contribution in [2.45, 2.75) is 0 Å². The lowest BCUT2D eigenvalue weighted by Gasteiger charge is -2.12.